The van der Waals surface area contributed by atoms with Gasteiger partial charge < -0.3 is 10.6 Å². The molecule has 2 heterocycles. The van der Waals surface area contributed by atoms with Crippen LogP contribution in [0, 0.1) is 0 Å². The molecule has 0 saturated carbocycles. The molecule has 1 aliphatic heterocycles. The van der Waals surface area contributed by atoms with Crippen LogP contribution in [0.3, 0.4) is 0 Å². The summed E-state index contributed by atoms with van der Waals surface area (Å²) >= 11 is 0. The van der Waals surface area contributed by atoms with Gasteiger partial charge in [0.25, 0.3) is 5.91 Å². The lowest BCUT2D eigenvalue weighted by Gasteiger charge is -2.10. The summed E-state index contributed by atoms with van der Waals surface area (Å²) in [6.07, 6.45) is -0.366. The maximum absolute atomic E-state index is 13.0. The maximum Gasteiger partial charge on any atom is 0.272 e. The lowest BCUT2D eigenvalue weighted by atomic mass is 10.2. The van der Waals surface area contributed by atoms with Crippen molar-refractivity contribution in [1.29, 1.82) is 0 Å². The molecule has 3 rings (SSSR count). The first-order chi connectivity index (χ1) is 9.24. The van der Waals surface area contributed by atoms with Gasteiger partial charge in [0.2, 0.25) is 0 Å². The number of para-hydroxylation sites is 1. The molecular formula is C13H15FN4O. The number of nitrogens with zero attached hydrogens (tertiary/aromatic N) is 1. The van der Waals surface area contributed by atoms with Crippen molar-refractivity contribution in [1.82, 2.24) is 20.8 Å². The predicted molar refractivity (Wildman–Crippen MR) is 69.7 cm³/mol. The normalized spacial score (nSPS) is 22.8. The van der Waals surface area contributed by atoms with E-state index in [1.54, 1.807) is 0 Å². The van der Waals surface area contributed by atoms with E-state index in [4.69, 9.17) is 0 Å². The third-order valence-electron chi connectivity index (χ3n) is 3.36. The minimum absolute atomic E-state index is 0.00385. The number of carbonyl (C=O) groups excluding carboxylic acids is 1. The number of benzene rings is 1. The van der Waals surface area contributed by atoms with Gasteiger partial charge in [-0.25, -0.2) is 4.39 Å². The van der Waals surface area contributed by atoms with E-state index in [-0.39, 0.29) is 11.9 Å². The molecule has 1 amide bonds. The lowest BCUT2D eigenvalue weighted by molar-refractivity contribution is 0.0946. The van der Waals surface area contributed by atoms with Gasteiger partial charge in [0.1, 0.15) is 6.17 Å². The van der Waals surface area contributed by atoms with Crippen LogP contribution in [0.5, 0.6) is 0 Å². The number of halogens is 1. The van der Waals surface area contributed by atoms with E-state index in [0.29, 0.717) is 25.2 Å². The first-order valence-corrected chi connectivity index (χ1v) is 6.33. The Morgan fingerprint density at radius 2 is 2.32 bits per heavy atom. The van der Waals surface area contributed by atoms with Crippen LogP contribution in [0.15, 0.2) is 24.3 Å². The van der Waals surface area contributed by atoms with Crippen LogP contribution in [-0.4, -0.2) is 41.4 Å². The molecule has 0 radical (unpaired) electrons. The summed E-state index contributed by atoms with van der Waals surface area (Å²) < 4.78 is 13.0. The van der Waals surface area contributed by atoms with Gasteiger partial charge in [-0.15, -0.1) is 0 Å². The minimum Gasteiger partial charge on any atom is -0.349 e. The average molecular weight is 262 g/mol. The average Bonchev–Trinajstić information content (AvgIpc) is 3.02. The molecule has 0 unspecified atom stereocenters. The van der Waals surface area contributed by atoms with Crippen LogP contribution in [0.1, 0.15) is 16.9 Å². The Morgan fingerprint density at radius 1 is 1.47 bits per heavy atom. The third kappa shape index (κ3) is 2.44. The summed E-state index contributed by atoms with van der Waals surface area (Å²) in [6.45, 7) is 0.784. The lowest BCUT2D eigenvalue weighted by Crippen LogP contribution is -2.37. The second kappa shape index (κ2) is 4.97. The molecule has 2 aromatic rings. The number of carbonyl (C=O) groups is 1. The topological polar surface area (TPSA) is 69.8 Å². The van der Waals surface area contributed by atoms with Crippen molar-refractivity contribution < 1.29 is 9.18 Å². The van der Waals surface area contributed by atoms with Gasteiger partial charge in [-0.3, -0.25) is 9.89 Å². The van der Waals surface area contributed by atoms with E-state index in [2.05, 4.69) is 20.8 Å². The number of alkyl halides is 1. The van der Waals surface area contributed by atoms with Crippen molar-refractivity contribution in [2.24, 2.45) is 0 Å². The smallest absolute Gasteiger partial charge is 0.272 e. The van der Waals surface area contributed by atoms with E-state index < -0.39 is 6.17 Å². The van der Waals surface area contributed by atoms with Crippen LogP contribution in [0.4, 0.5) is 4.39 Å². The number of hydrogen-bond donors (Lipinski definition) is 3. The minimum atomic E-state index is -0.812. The van der Waals surface area contributed by atoms with Crippen molar-refractivity contribution in [3.8, 4) is 0 Å². The largest absolute Gasteiger partial charge is 0.349 e. The molecule has 2 atom stereocenters. The van der Waals surface area contributed by atoms with Crippen LogP contribution >= 0.6 is 0 Å². The van der Waals surface area contributed by atoms with E-state index in [1.807, 2.05) is 24.3 Å². The van der Waals surface area contributed by atoms with Gasteiger partial charge in [0.15, 0.2) is 5.69 Å². The molecule has 19 heavy (non-hydrogen) atoms. The quantitative estimate of drug-likeness (QED) is 0.772. The first-order valence-electron chi connectivity index (χ1n) is 6.33. The zero-order chi connectivity index (χ0) is 13.2. The van der Waals surface area contributed by atoms with Crippen LogP contribution < -0.4 is 10.6 Å². The zero-order valence-corrected chi connectivity index (χ0v) is 10.3. The Hall–Kier alpha value is -1.95. The fraction of sp³-hybridized carbons (Fsp3) is 0.385. The molecule has 0 bridgehead atoms. The highest BCUT2D eigenvalue weighted by atomic mass is 19.1. The van der Waals surface area contributed by atoms with Gasteiger partial charge in [-0.2, -0.15) is 5.10 Å². The summed E-state index contributed by atoms with van der Waals surface area (Å²) in [5.41, 5.74) is 1.21. The molecule has 6 heteroatoms. The standard InChI is InChI=1S/C13H15FN4O/c14-8-5-9(15-6-8)7-16-13(19)12-10-3-1-2-4-11(10)17-18-12/h1-4,8-9,15H,5-7H2,(H,16,19)(H,17,18)/t8-,9-/m0/s1. The second-order valence-electron chi connectivity index (χ2n) is 4.77. The SMILES string of the molecule is O=C(NC[C@@H]1C[C@H](F)CN1)c1n[nH]c2ccccc12. The Balaban J connectivity index is 1.67. The Bertz CT molecular complexity index is 597. The molecule has 0 aliphatic carbocycles. The number of aromatic amines is 1. The van der Waals surface area contributed by atoms with E-state index in [1.165, 1.54) is 0 Å². The predicted octanol–water partition coefficient (Wildman–Crippen LogP) is 0.993. The summed E-state index contributed by atoms with van der Waals surface area (Å²) in [5, 5.41) is 13.5. The highest BCUT2D eigenvalue weighted by Crippen LogP contribution is 2.15. The Labute approximate surface area is 109 Å². The van der Waals surface area contributed by atoms with Crippen molar-refractivity contribution in [2.45, 2.75) is 18.6 Å². The first kappa shape index (κ1) is 12.1. The molecule has 1 fully saturated rings. The van der Waals surface area contributed by atoms with Crippen molar-refractivity contribution >= 4 is 16.8 Å². The highest BCUT2D eigenvalue weighted by molar-refractivity contribution is 6.04. The number of nitrogens with one attached hydrogen (secondary N) is 3. The molecule has 3 N–H and O–H groups in total. The summed E-state index contributed by atoms with van der Waals surface area (Å²) in [5.74, 6) is -0.235. The maximum atomic E-state index is 13.0. The molecule has 5 nitrogen and oxygen atoms in total. The highest BCUT2D eigenvalue weighted by Gasteiger charge is 2.24. The number of rotatable bonds is 3. The van der Waals surface area contributed by atoms with Gasteiger partial charge in [-0.1, -0.05) is 18.2 Å². The fourth-order valence-corrected chi connectivity index (χ4v) is 2.36. The van der Waals surface area contributed by atoms with E-state index in [9.17, 15) is 9.18 Å². The van der Waals surface area contributed by atoms with Crippen molar-refractivity contribution in [3.05, 3.63) is 30.0 Å². The molecule has 0 spiro atoms. The summed E-state index contributed by atoms with van der Waals surface area (Å²) in [4.78, 5) is 12.0. The summed E-state index contributed by atoms with van der Waals surface area (Å²) in [7, 11) is 0. The summed E-state index contributed by atoms with van der Waals surface area (Å²) in [6, 6.07) is 7.46. The van der Waals surface area contributed by atoms with Crippen LogP contribution in [0.25, 0.3) is 10.9 Å². The Kier molecular flexibility index (Phi) is 3.16. The molecule has 1 aliphatic rings. The monoisotopic (exact) mass is 262 g/mol. The van der Waals surface area contributed by atoms with Crippen LogP contribution in [-0.2, 0) is 0 Å². The molecule has 100 valence electrons. The second-order valence-corrected chi connectivity index (χ2v) is 4.77. The van der Waals surface area contributed by atoms with Gasteiger partial charge in [0, 0.05) is 24.5 Å². The van der Waals surface area contributed by atoms with Crippen molar-refractivity contribution in [2.75, 3.05) is 13.1 Å². The molecule has 1 aromatic carbocycles. The van der Waals surface area contributed by atoms with Gasteiger partial charge >= 0.3 is 0 Å². The van der Waals surface area contributed by atoms with Crippen molar-refractivity contribution in [3.63, 3.8) is 0 Å². The Morgan fingerprint density at radius 3 is 3.11 bits per heavy atom. The van der Waals surface area contributed by atoms with Gasteiger partial charge in [-0.05, 0) is 12.5 Å². The molecule has 1 saturated heterocycles. The third-order valence-corrected chi connectivity index (χ3v) is 3.36. The van der Waals surface area contributed by atoms with Gasteiger partial charge in [0.05, 0.1) is 5.52 Å². The van der Waals surface area contributed by atoms with Crippen LogP contribution in [0.2, 0.25) is 0 Å². The van der Waals surface area contributed by atoms with E-state index >= 15 is 0 Å². The number of aromatic nitrogens is 2. The number of amides is 1. The number of H-pyrrole nitrogens is 1. The molecular weight excluding hydrogens is 247 g/mol. The number of hydrogen-bond acceptors (Lipinski definition) is 3. The van der Waals surface area contributed by atoms with E-state index in [0.717, 1.165) is 10.9 Å². The fourth-order valence-electron chi connectivity index (χ4n) is 2.36. The zero-order valence-electron chi connectivity index (χ0n) is 10.3. The molecule has 1 aromatic heterocycles. The number of fused-ring (bicyclic) bond motifs is 1.